The molecule has 14 heteroatoms. The average Bonchev–Trinajstić information content (AvgIpc) is 3.31. The quantitative estimate of drug-likeness (QED) is 0.224. The van der Waals surface area contributed by atoms with E-state index in [0.717, 1.165) is 36.4 Å². The van der Waals surface area contributed by atoms with Crippen LogP contribution in [0.5, 0.6) is 0 Å². The van der Waals surface area contributed by atoms with Crippen molar-refractivity contribution in [3.8, 4) is 6.07 Å². The fourth-order valence-corrected chi connectivity index (χ4v) is 8.71. The normalized spacial score (nSPS) is 21.3. The molecule has 4 nitrogen and oxygen atoms in total. The summed E-state index contributed by atoms with van der Waals surface area (Å²) in [5.74, 6) is -1.54. The molecule has 5 rings (SSSR count). The number of sulfone groups is 1. The van der Waals surface area contributed by atoms with Gasteiger partial charge in [0, 0.05) is 24.7 Å². The highest BCUT2D eigenvalue weighted by Gasteiger charge is 2.73. The van der Waals surface area contributed by atoms with Crippen molar-refractivity contribution < 1.29 is 47.9 Å². The molecule has 0 bridgehead atoms. The van der Waals surface area contributed by atoms with E-state index in [0.29, 0.717) is 17.7 Å². The SMILES string of the molecule is N#Cc1ccc(CN2CC[C@@]3(S(=O)(=O)c4ccc(F)cc4)c4ccc(C(F)(C(F)(F)F)C(F)(F)F)cc4CC[C@@H]23)cc1F. The number of benzene rings is 3. The molecular weight excluding hydrogens is 611 g/mol. The summed E-state index contributed by atoms with van der Waals surface area (Å²) in [5.41, 5.74) is -7.51. The van der Waals surface area contributed by atoms with Gasteiger partial charge in [-0.15, -0.1) is 0 Å². The van der Waals surface area contributed by atoms with Gasteiger partial charge in [-0.1, -0.05) is 24.3 Å². The van der Waals surface area contributed by atoms with E-state index in [4.69, 9.17) is 5.26 Å². The molecular formula is C29H21F9N2O2S. The molecule has 0 radical (unpaired) electrons. The predicted molar refractivity (Wildman–Crippen MR) is 135 cm³/mol. The number of nitrogens with zero attached hydrogens (tertiary/aromatic N) is 2. The molecule has 0 unspecified atom stereocenters. The summed E-state index contributed by atoms with van der Waals surface area (Å²) in [7, 11) is -4.50. The van der Waals surface area contributed by atoms with Gasteiger partial charge in [-0.3, -0.25) is 4.90 Å². The van der Waals surface area contributed by atoms with Gasteiger partial charge in [0.2, 0.25) is 0 Å². The standard InChI is InChI=1S/C29H21F9N2O2S/c30-21-5-7-22(8-6-21)43(41,42)26-11-12-40(16-17-1-2-19(15-39)24(31)13-17)25(26)10-3-18-14-20(4-9-23(18)26)27(32,28(33,34)35)29(36,37)38/h1-2,4-9,13-14,25H,3,10-12,16H2/t25-,26-/m1/s1. The van der Waals surface area contributed by atoms with Crippen molar-refractivity contribution in [1.82, 2.24) is 4.90 Å². The molecule has 1 heterocycles. The molecule has 3 aromatic rings. The highest BCUT2D eigenvalue weighted by molar-refractivity contribution is 7.92. The zero-order valence-electron chi connectivity index (χ0n) is 21.9. The Morgan fingerprint density at radius 1 is 0.907 bits per heavy atom. The minimum atomic E-state index is -6.35. The molecule has 2 atom stereocenters. The Labute approximate surface area is 240 Å². The van der Waals surface area contributed by atoms with Crippen LogP contribution in [0.25, 0.3) is 0 Å². The van der Waals surface area contributed by atoms with Gasteiger partial charge >= 0.3 is 18.0 Å². The van der Waals surface area contributed by atoms with Gasteiger partial charge in [-0.05, 0) is 72.4 Å². The van der Waals surface area contributed by atoms with Crippen LogP contribution in [0.3, 0.4) is 0 Å². The topological polar surface area (TPSA) is 61.2 Å². The monoisotopic (exact) mass is 632 g/mol. The minimum absolute atomic E-state index is 0.0111. The number of likely N-dealkylation sites (tertiary alicyclic amines) is 1. The van der Waals surface area contributed by atoms with Gasteiger partial charge in [0.1, 0.15) is 22.5 Å². The van der Waals surface area contributed by atoms with Crippen molar-refractivity contribution in [2.45, 2.75) is 59.5 Å². The van der Waals surface area contributed by atoms with E-state index < -0.39 is 55.8 Å². The van der Waals surface area contributed by atoms with Gasteiger partial charge in [0.05, 0.1) is 10.5 Å². The zero-order valence-corrected chi connectivity index (χ0v) is 22.7. The second kappa shape index (κ2) is 10.3. The molecule has 1 aliphatic heterocycles. The van der Waals surface area contributed by atoms with Crippen molar-refractivity contribution in [2.24, 2.45) is 0 Å². The maximum atomic E-state index is 14.9. The van der Waals surface area contributed by atoms with Gasteiger partial charge in [0.25, 0.3) is 0 Å². The van der Waals surface area contributed by atoms with Crippen molar-refractivity contribution in [3.05, 3.63) is 100 Å². The van der Waals surface area contributed by atoms with Gasteiger partial charge in [0.15, 0.2) is 9.84 Å². The van der Waals surface area contributed by atoms with Crippen LogP contribution in [0, 0.1) is 23.0 Å². The van der Waals surface area contributed by atoms with Crippen LogP contribution in [0.4, 0.5) is 39.5 Å². The highest BCUT2D eigenvalue weighted by Crippen LogP contribution is 2.56. The second-order valence-corrected chi connectivity index (χ2v) is 12.8. The van der Waals surface area contributed by atoms with E-state index in [2.05, 4.69) is 0 Å². The molecule has 2 aliphatic rings. The molecule has 1 fully saturated rings. The lowest BCUT2D eigenvalue weighted by atomic mass is 9.76. The van der Waals surface area contributed by atoms with Crippen molar-refractivity contribution in [1.29, 1.82) is 5.26 Å². The molecule has 1 aliphatic carbocycles. The first-order valence-corrected chi connectivity index (χ1v) is 14.3. The summed E-state index contributed by atoms with van der Waals surface area (Å²) in [5, 5.41) is 9.01. The lowest BCUT2D eigenvalue weighted by Crippen LogP contribution is -2.52. The molecule has 43 heavy (non-hydrogen) atoms. The Bertz CT molecular complexity index is 1700. The Hall–Kier alpha value is -3.57. The summed E-state index contributed by atoms with van der Waals surface area (Å²) in [4.78, 5) is 1.39. The van der Waals surface area contributed by atoms with Crippen molar-refractivity contribution >= 4 is 9.84 Å². The number of rotatable bonds is 5. The maximum Gasteiger partial charge on any atom is 0.435 e. The van der Waals surface area contributed by atoms with E-state index in [1.807, 2.05) is 0 Å². The molecule has 0 spiro atoms. The number of halogens is 9. The molecule has 228 valence electrons. The lowest BCUT2D eigenvalue weighted by molar-refractivity contribution is -0.348. The predicted octanol–water partition coefficient (Wildman–Crippen LogP) is 7.02. The number of aryl methyl sites for hydroxylation is 1. The van der Waals surface area contributed by atoms with Crippen LogP contribution >= 0.6 is 0 Å². The van der Waals surface area contributed by atoms with Crippen LogP contribution in [0.15, 0.2) is 65.6 Å². The summed E-state index contributed by atoms with van der Waals surface area (Å²) in [6, 6.07) is 10.0. The second-order valence-electron chi connectivity index (χ2n) is 10.6. The smallest absolute Gasteiger partial charge is 0.294 e. The summed E-state index contributed by atoms with van der Waals surface area (Å²) in [6.07, 6.45) is -13.1. The third kappa shape index (κ3) is 4.68. The molecule has 0 amide bonds. The summed E-state index contributed by atoms with van der Waals surface area (Å²) < 4.78 is 151. The maximum absolute atomic E-state index is 14.9. The molecule has 3 aromatic carbocycles. The number of nitriles is 1. The summed E-state index contributed by atoms with van der Waals surface area (Å²) in [6.45, 7) is 0.0865. The number of hydrogen-bond acceptors (Lipinski definition) is 4. The Kier molecular flexibility index (Phi) is 7.37. The first-order chi connectivity index (χ1) is 20.0. The van der Waals surface area contributed by atoms with Gasteiger partial charge < -0.3 is 0 Å². The largest absolute Gasteiger partial charge is 0.435 e. The fourth-order valence-electron chi connectivity index (χ4n) is 6.32. The van der Waals surface area contributed by atoms with Crippen LogP contribution in [-0.2, 0) is 33.2 Å². The summed E-state index contributed by atoms with van der Waals surface area (Å²) >= 11 is 0. The van der Waals surface area contributed by atoms with E-state index in [1.165, 1.54) is 12.1 Å². The molecule has 0 N–H and O–H groups in total. The number of alkyl halides is 7. The van der Waals surface area contributed by atoms with Gasteiger partial charge in [-0.25, -0.2) is 21.6 Å². The van der Waals surface area contributed by atoms with E-state index in [1.54, 1.807) is 11.0 Å². The first kappa shape index (κ1) is 30.9. The van der Waals surface area contributed by atoms with Crippen LogP contribution in [0.2, 0.25) is 0 Å². The van der Waals surface area contributed by atoms with Crippen LogP contribution in [-0.4, -0.2) is 38.3 Å². The third-order valence-corrected chi connectivity index (χ3v) is 10.9. The van der Waals surface area contributed by atoms with Crippen LogP contribution < -0.4 is 0 Å². The molecule has 1 saturated heterocycles. The minimum Gasteiger partial charge on any atom is -0.294 e. The third-order valence-electron chi connectivity index (χ3n) is 8.32. The highest BCUT2D eigenvalue weighted by atomic mass is 32.2. The lowest BCUT2D eigenvalue weighted by Gasteiger charge is -2.43. The van der Waals surface area contributed by atoms with E-state index in [9.17, 15) is 47.9 Å². The zero-order chi connectivity index (χ0) is 31.6. The number of hydrogen-bond donors (Lipinski definition) is 0. The van der Waals surface area contributed by atoms with E-state index >= 15 is 0 Å². The van der Waals surface area contributed by atoms with Crippen molar-refractivity contribution in [3.63, 3.8) is 0 Å². The first-order valence-electron chi connectivity index (χ1n) is 12.9. The fraction of sp³-hybridized carbons (Fsp3) is 0.345. The molecule has 0 saturated carbocycles. The number of fused-ring (bicyclic) bond motifs is 3. The Morgan fingerprint density at radius 2 is 1.56 bits per heavy atom. The average molecular weight is 633 g/mol. The molecule has 0 aromatic heterocycles. The van der Waals surface area contributed by atoms with Gasteiger partial charge in [-0.2, -0.15) is 31.6 Å². The van der Waals surface area contributed by atoms with Crippen molar-refractivity contribution in [2.75, 3.05) is 6.54 Å². The van der Waals surface area contributed by atoms with Crippen LogP contribution in [0.1, 0.15) is 40.7 Å². The Balaban J connectivity index is 1.66. The van der Waals surface area contributed by atoms with E-state index in [-0.39, 0.29) is 53.9 Å². The Morgan fingerprint density at radius 3 is 2.14 bits per heavy atom.